The normalized spacial score (nSPS) is 18.9. The van der Waals surface area contributed by atoms with Crippen LogP contribution in [-0.4, -0.2) is 31.7 Å². The van der Waals surface area contributed by atoms with E-state index in [9.17, 15) is 4.39 Å². The Labute approximate surface area is 96.5 Å². The van der Waals surface area contributed by atoms with Crippen LogP contribution in [0.2, 0.25) is 0 Å². The summed E-state index contributed by atoms with van der Waals surface area (Å²) >= 11 is 0. The maximum Gasteiger partial charge on any atom is 0.126 e. The molecule has 1 aromatic carbocycles. The van der Waals surface area contributed by atoms with Crippen LogP contribution in [0.25, 0.3) is 0 Å². The molecule has 0 saturated carbocycles. The van der Waals surface area contributed by atoms with Gasteiger partial charge >= 0.3 is 0 Å². The zero-order valence-electron chi connectivity index (χ0n) is 9.75. The lowest BCUT2D eigenvalue weighted by Gasteiger charge is -2.31. The molecule has 0 amide bonds. The molecule has 1 fully saturated rings. The minimum atomic E-state index is -0.0467. The van der Waals surface area contributed by atoms with E-state index in [-0.39, 0.29) is 5.82 Å². The van der Waals surface area contributed by atoms with Gasteiger partial charge in [0.15, 0.2) is 0 Å². The summed E-state index contributed by atoms with van der Waals surface area (Å²) in [5.41, 5.74) is 0.895. The van der Waals surface area contributed by atoms with E-state index in [1.807, 2.05) is 19.2 Å². The van der Waals surface area contributed by atoms with Gasteiger partial charge in [0.1, 0.15) is 5.82 Å². The Bertz CT molecular complexity index is 332. The molecule has 1 aromatic rings. The first-order valence-corrected chi connectivity index (χ1v) is 5.92. The minimum absolute atomic E-state index is 0.0467. The third kappa shape index (κ3) is 2.60. The predicted molar refractivity (Wildman–Crippen MR) is 63.9 cm³/mol. The first-order valence-electron chi connectivity index (χ1n) is 5.92. The van der Waals surface area contributed by atoms with Crippen LogP contribution < -0.4 is 5.32 Å². The average Bonchev–Trinajstić information content (AvgIpc) is 2.31. The number of hydrogen-bond acceptors (Lipinski definition) is 2. The summed E-state index contributed by atoms with van der Waals surface area (Å²) in [6, 6.07) is 7.18. The Kier molecular flexibility index (Phi) is 3.91. The highest BCUT2D eigenvalue weighted by Gasteiger charge is 2.21. The van der Waals surface area contributed by atoms with Gasteiger partial charge in [-0.2, -0.15) is 0 Å². The number of benzene rings is 1. The first-order chi connectivity index (χ1) is 7.81. The molecule has 0 aromatic heterocycles. The lowest BCUT2D eigenvalue weighted by atomic mass is 9.89. The molecule has 1 aliphatic rings. The average molecular weight is 222 g/mol. The van der Waals surface area contributed by atoms with Crippen LogP contribution in [0.4, 0.5) is 4.39 Å². The van der Waals surface area contributed by atoms with Crippen LogP contribution in [0.15, 0.2) is 24.3 Å². The lowest BCUT2D eigenvalue weighted by molar-refractivity contribution is 0.201. The SMILES string of the molecule is CNCN1CCC(c2ccccc2F)CC1. The monoisotopic (exact) mass is 222 g/mol. The van der Waals surface area contributed by atoms with E-state index in [0.717, 1.165) is 38.2 Å². The molecular weight excluding hydrogens is 203 g/mol. The van der Waals surface area contributed by atoms with Crippen molar-refractivity contribution in [3.63, 3.8) is 0 Å². The summed E-state index contributed by atoms with van der Waals surface area (Å²) in [5, 5.41) is 3.16. The number of likely N-dealkylation sites (tertiary alicyclic amines) is 1. The molecular formula is C13H19FN2. The number of halogens is 1. The number of nitrogens with one attached hydrogen (secondary N) is 1. The van der Waals surface area contributed by atoms with Crippen molar-refractivity contribution < 1.29 is 4.39 Å². The van der Waals surface area contributed by atoms with E-state index in [2.05, 4.69) is 10.2 Å². The summed E-state index contributed by atoms with van der Waals surface area (Å²) in [4.78, 5) is 2.37. The van der Waals surface area contributed by atoms with Gasteiger partial charge in [0.05, 0.1) is 0 Å². The first kappa shape index (κ1) is 11.6. The van der Waals surface area contributed by atoms with E-state index in [1.165, 1.54) is 0 Å². The third-order valence-corrected chi connectivity index (χ3v) is 3.31. The van der Waals surface area contributed by atoms with Gasteiger partial charge in [-0.3, -0.25) is 4.90 Å². The van der Waals surface area contributed by atoms with Crippen LogP contribution in [0.3, 0.4) is 0 Å². The van der Waals surface area contributed by atoms with Gasteiger partial charge in [0.2, 0.25) is 0 Å². The number of hydrogen-bond donors (Lipinski definition) is 1. The Morgan fingerprint density at radius 2 is 2.00 bits per heavy atom. The second-order valence-electron chi connectivity index (χ2n) is 4.43. The number of nitrogens with zero attached hydrogens (tertiary/aromatic N) is 1. The zero-order valence-corrected chi connectivity index (χ0v) is 9.75. The van der Waals surface area contributed by atoms with E-state index in [0.29, 0.717) is 5.92 Å². The Morgan fingerprint density at radius 3 is 2.62 bits per heavy atom. The van der Waals surface area contributed by atoms with Gasteiger partial charge in [0.25, 0.3) is 0 Å². The van der Waals surface area contributed by atoms with Crippen LogP contribution in [0.1, 0.15) is 24.3 Å². The van der Waals surface area contributed by atoms with Crippen molar-refractivity contribution in [3.8, 4) is 0 Å². The second kappa shape index (κ2) is 5.41. The molecule has 2 rings (SSSR count). The summed E-state index contributed by atoms with van der Waals surface area (Å²) in [6.45, 7) is 3.05. The summed E-state index contributed by atoms with van der Waals surface area (Å²) < 4.78 is 13.6. The molecule has 0 atom stereocenters. The quantitative estimate of drug-likeness (QED) is 0.843. The predicted octanol–water partition coefficient (Wildman–Crippen LogP) is 2.18. The Morgan fingerprint density at radius 1 is 1.31 bits per heavy atom. The van der Waals surface area contributed by atoms with E-state index >= 15 is 0 Å². The molecule has 1 aliphatic heterocycles. The van der Waals surface area contributed by atoms with E-state index in [1.54, 1.807) is 12.1 Å². The summed E-state index contributed by atoms with van der Waals surface area (Å²) in [7, 11) is 1.96. The third-order valence-electron chi connectivity index (χ3n) is 3.31. The molecule has 0 spiro atoms. The smallest absolute Gasteiger partial charge is 0.126 e. The minimum Gasteiger partial charge on any atom is -0.307 e. The molecule has 2 nitrogen and oxygen atoms in total. The van der Waals surface area contributed by atoms with Gasteiger partial charge in [-0.05, 0) is 50.5 Å². The topological polar surface area (TPSA) is 15.3 Å². The molecule has 3 heteroatoms. The van der Waals surface area contributed by atoms with Gasteiger partial charge < -0.3 is 5.32 Å². The van der Waals surface area contributed by atoms with Gasteiger partial charge in [-0.25, -0.2) is 4.39 Å². The van der Waals surface area contributed by atoms with Crippen molar-refractivity contribution in [2.24, 2.45) is 0 Å². The molecule has 1 heterocycles. The molecule has 1 N–H and O–H groups in total. The van der Waals surface area contributed by atoms with Crippen molar-refractivity contribution >= 4 is 0 Å². The molecule has 0 aliphatic carbocycles. The second-order valence-corrected chi connectivity index (χ2v) is 4.43. The number of rotatable bonds is 3. The van der Waals surface area contributed by atoms with Crippen molar-refractivity contribution in [3.05, 3.63) is 35.6 Å². The molecule has 1 saturated heterocycles. The Hall–Kier alpha value is -0.930. The van der Waals surface area contributed by atoms with Gasteiger partial charge in [-0.1, -0.05) is 18.2 Å². The van der Waals surface area contributed by atoms with Gasteiger partial charge in [0, 0.05) is 6.67 Å². The molecule has 0 radical (unpaired) electrons. The highest BCUT2D eigenvalue weighted by molar-refractivity contribution is 5.22. The molecule has 0 bridgehead atoms. The number of piperidine rings is 1. The van der Waals surface area contributed by atoms with Crippen LogP contribution in [-0.2, 0) is 0 Å². The van der Waals surface area contributed by atoms with Crippen molar-refractivity contribution in [2.45, 2.75) is 18.8 Å². The zero-order chi connectivity index (χ0) is 11.4. The highest BCUT2D eigenvalue weighted by atomic mass is 19.1. The molecule has 0 unspecified atom stereocenters. The van der Waals surface area contributed by atoms with Gasteiger partial charge in [-0.15, -0.1) is 0 Å². The fraction of sp³-hybridized carbons (Fsp3) is 0.538. The fourth-order valence-electron chi connectivity index (χ4n) is 2.43. The maximum atomic E-state index is 13.6. The van der Waals surface area contributed by atoms with Crippen LogP contribution in [0.5, 0.6) is 0 Å². The Balaban J connectivity index is 1.96. The van der Waals surface area contributed by atoms with E-state index < -0.39 is 0 Å². The summed E-state index contributed by atoms with van der Waals surface area (Å²) in [5.74, 6) is 0.351. The fourth-order valence-corrected chi connectivity index (χ4v) is 2.43. The highest BCUT2D eigenvalue weighted by Crippen LogP contribution is 2.29. The maximum absolute atomic E-state index is 13.6. The van der Waals surface area contributed by atoms with E-state index in [4.69, 9.17) is 0 Å². The summed E-state index contributed by atoms with van der Waals surface area (Å²) in [6.07, 6.45) is 2.12. The largest absolute Gasteiger partial charge is 0.307 e. The lowest BCUT2D eigenvalue weighted by Crippen LogP contribution is -2.38. The van der Waals surface area contributed by atoms with Crippen LogP contribution in [0, 0.1) is 5.82 Å². The molecule has 16 heavy (non-hydrogen) atoms. The van der Waals surface area contributed by atoms with Crippen molar-refractivity contribution in [1.29, 1.82) is 0 Å². The standard InChI is InChI=1S/C13H19FN2/c1-15-10-16-8-6-11(7-9-16)12-4-2-3-5-13(12)14/h2-5,11,15H,6-10H2,1H3. The van der Waals surface area contributed by atoms with Crippen LogP contribution >= 0.6 is 0 Å². The van der Waals surface area contributed by atoms with Crippen molar-refractivity contribution in [2.75, 3.05) is 26.8 Å². The van der Waals surface area contributed by atoms with Crippen molar-refractivity contribution in [1.82, 2.24) is 10.2 Å². The molecule has 88 valence electrons.